The molecule has 0 aromatic carbocycles. The van der Waals surface area contributed by atoms with Crippen molar-refractivity contribution in [3.8, 4) is 0 Å². The van der Waals surface area contributed by atoms with Crippen LogP contribution in [0.2, 0.25) is 0 Å². The molecule has 4 saturated heterocycles. The minimum atomic E-state index is -1.16. The van der Waals surface area contributed by atoms with E-state index in [-0.39, 0.29) is 47.3 Å². The van der Waals surface area contributed by atoms with Crippen molar-refractivity contribution in [1.82, 2.24) is 42.5 Å². The van der Waals surface area contributed by atoms with E-state index in [4.69, 9.17) is 39.4 Å². The lowest BCUT2D eigenvalue weighted by atomic mass is 10.0. The highest BCUT2D eigenvalue weighted by Gasteiger charge is 2.54. The molecule has 4 aliphatic rings. The van der Waals surface area contributed by atoms with Gasteiger partial charge in [-0.15, -0.1) is 0 Å². The average Bonchev–Trinajstić information content (AvgIpc) is 4.33. The molecular formula is C60H104N8O20. The van der Waals surface area contributed by atoms with Crippen molar-refractivity contribution in [3.05, 3.63) is 0 Å². The van der Waals surface area contributed by atoms with Gasteiger partial charge in [0.25, 0.3) is 23.6 Å². The van der Waals surface area contributed by atoms with Crippen LogP contribution in [0, 0.1) is 47.3 Å². The molecule has 8 amide bonds. The molecule has 12 N–H and O–H groups in total. The number of ether oxygens (including phenoxy) is 4. The van der Waals surface area contributed by atoms with Gasteiger partial charge in [-0.1, -0.05) is 111 Å². The molecule has 0 aliphatic carbocycles. The maximum Gasteiger partial charge on any atom is 0.336 e. The van der Waals surface area contributed by atoms with E-state index in [0.29, 0.717) is 75.5 Å². The van der Waals surface area contributed by atoms with Gasteiger partial charge in [-0.3, -0.25) is 38.4 Å². The highest BCUT2D eigenvalue weighted by molar-refractivity contribution is 5.97. The van der Waals surface area contributed by atoms with Crippen LogP contribution in [-0.4, -0.2) is 191 Å². The highest BCUT2D eigenvalue weighted by Crippen LogP contribution is 2.26. The molecule has 0 aromatic heterocycles. The molecule has 0 spiro atoms. The van der Waals surface area contributed by atoms with Gasteiger partial charge >= 0.3 is 23.9 Å². The summed E-state index contributed by atoms with van der Waals surface area (Å²) >= 11 is 0. The Balaban J connectivity index is 0.000000587. The van der Waals surface area contributed by atoms with Gasteiger partial charge in [-0.2, -0.15) is 0 Å². The zero-order valence-electron chi connectivity index (χ0n) is 54.4. The first-order valence-electron chi connectivity index (χ1n) is 30.7. The van der Waals surface area contributed by atoms with Gasteiger partial charge in [-0.25, -0.2) is 19.2 Å². The summed E-state index contributed by atoms with van der Waals surface area (Å²) in [7, 11) is 0. The van der Waals surface area contributed by atoms with Crippen LogP contribution in [0.5, 0.6) is 0 Å². The van der Waals surface area contributed by atoms with E-state index >= 15 is 0 Å². The second-order valence-corrected chi connectivity index (χ2v) is 25.9. The van der Waals surface area contributed by atoms with Crippen molar-refractivity contribution in [2.75, 3.05) is 26.2 Å². The minimum absolute atomic E-state index is 0.219. The van der Waals surface area contributed by atoms with Gasteiger partial charge in [0.15, 0.2) is 48.8 Å². The highest BCUT2D eigenvalue weighted by atomic mass is 16.6. The molecule has 4 rings (SSSR count). The Labute approximate surface area is 517 Å². The summed E-state index contributed by atoms with van der Waals surface area (Å²) < 4.78 is 19.2. The number of rotatable bonds is 36. The zero-order chi connectivity index (χ0) is 67.4. The lowest BCUT2D eigenvalue weighted by Gasteiger charge is -2.20. The van der Waals surface area contributed by atoms with E-state index in [2.05, 4.69) is 97.9 Å². The number of carbonyl (C=O) groups is 12. The fourth-order valence-electron chi connectivity index (χ4n) is 8.25. The lowest BCUT2D eigenvalue weighted by Crippen LogP contribution is -2.49. The molecule has 12 atom stereocenters. The van der Waals surface area contributed by atoms with Crippen molar-refractivity contribution < 1.29 is 96.9 Å². The number of hydrogen-bond donors (Lipinski definition) is 12. The molecule has 4 fully saturated rings. The molecule has 88 heavy (non-hydrogen) atoms. The number of amides is 8. The van der Waals surface area contributed by atoms with Crippen LogP contribution in [0.4, 0.5) is 0 Å². The number of aliphatic carboxylic acids is 4. The van der Waals surface area contributed by atoms with E-state index in [1.807, 2.05) is 55.4 Å². The number of hydrogen-bond acceptors (Lipinski definition) is 16. The Bertz CT molecular complexity index is 2000. The average molecular weight is 1260 g/mol. The third-order valence-corrected chi connectivity index (χ3v) is 13.4. The van der Waals surface area contributed by atoms with Gasteiger partial charge in [0, 0.05) is 26.2 Å². The first-order chi connectivity index (χ1) is 40.9. The normalized spacial score (nSPS) is 21.5. The number of carbonyl (C=O) groups excluding carboxylic acids is 8. The maximum atomic E-state index is 12.2. The smallest absolute Gasteiger partial charge is 0.336 e. The summed E-state index contributed by atoms with van der Waals surface area (Å²) in [5, 5.41) is 56.6. The van der Waals surface area contributed by atoms with Gasteiger partial charge in [0.2, 0.25) is 23.6 Å². The quantitative estimate of drug-likeness (QED) is 0.0400. The van der Waals surface area contributed by atoms with Crippen molar-refractivity contribution in [2.45, 2.75) is 235 Å². The number of nitrogens with one attached hydrogen (secondary N) is 8. The number of carboxylic acids is 4. The van der Waals surface area contributed by atoms with Crippen LogP contribution < -0.4 is 42.5 Å². The standard InChI is InChI=1S/4C15H26N2O5/c4*1-8(2)5-6-16-13(18)10(7-9(3)4)17-14(19)11-12(22-11)15(20)21/h4*8-12H,5-7H2,1-4H3,(H,16,18)(H,17,19)(H,20,21)/t4*10-,11-,12-/m0000/s1. The van der Waals surface area contributed by atoms with Crippen molar-refractivity contribution in [1.29, 1.82) is 0 Å². The molecule has 0 bridgehead atoms. The topological polar surface area (TPSA) is 432 Å². The van der Waals surface area contributed by atoms with Crippen molar-refractivity contribution >= 4 is 71.1 Å². The first-order valence-corrected chi connectivity index (χ1v) is 30.7. The molecule has 4 heterocycles. The van der Waals surface area contributed by atoms with E-state index in [1.54, 1.807) is 0 Å². The molecule has 0 saturated carbocycles. The van der Waals surface area contributed by atoms with Crippen molar-refractivity contribution in [2.24, 2.45) is 47.3 Å². The van der Waals surface area contributed by atoms with Crippen LogP contribution >= 0.6 is 0 Å². The van der Waals surface area contributed by atoms with E-state index in [0.717, 1.165) is 25.7 Å². The van der Waals surface area contributed by atoms with Gasteiger partial charge in [-0.05, 0) is 98.7 Å². The fraction of sp³-hybridized carbons (Fsp3) is 0.800. The fourth-order valence-corrected chi connectivity index (χ4v) is 8.25. The maximum absolute atomic E-state index is 12.2. The molecule has 0 radical (unpaired) electrons. The molecule has 28 nitrogen and oxygen atoms in total. The first kappa shape index (κ1) is 79.5. The summed E-state index contributed by atoms with van der Waals surface area (Å²) in [6.07, 6.45) is -2.93. The predicted molar refractivity (Wildman–Crippen MR) is 321 cm³/mol. The largest absolute Gasteiger partial charge is 0.479 e. The van der Waals surface area contributed by atoms with E-state index < -0.39 is 121 Å². The third kappa shape index (κ3) is 33.2. The Hall–Kier alpha value is -6.52. The molecule has 4 aliphatic heterocycles. The zero-order valence-corrected chi connectivity index (χ0v) is 54.4. The molecule has 0 aromatic rings. The SMILES string of the molecule is CC(C)CCNC(=O)[C@H](CC(C)C)NC(=O)[C@H]1O[C@@H]1C(=O)O.CC(C)CCNC(=O)[C@H](CC(C)C)NC(=O)[C@H]1O[C@@H]1C(=O)O.CC(C)CCNC(=O)[C@H](CC(C)C)NC(=O)[C@H]1O[C@@H]1C(=O)O.CC(C)CCNC(=O)[C@H](CC(C)C)NC(=O)[C@H]1O[C@@H]1C(=O)O. The van der Waals surface area contributed by atoms with Crippen LogP contribution in [0.3, 0.4) is 0 Å². The monoisotopic (exact) mass is 1260 g/mol. The second-order valence-electron chi connectivity index (χ2n) is 25.9. The number of epoxide rings is 4. The Morgan fingerprint density at radius 3 is 0.545 bits per heavy atom. The summed E-state index contributed by atoms with van der Waals surface area (Å²) in [5.74, 6) is -5.00. The van der Waals surface area contributed by atoms with Gasteiger partial charge in [0.05, 0.1) is 0 Å². The Kier molecular flexibility index (Phi) is 35.7. The summed E-state index contributed by atoms with van der Waals surface area (Å²) in [5.41, 5.74) is 0. The summed E-state index contributed by atoms with van der Waals surface area (Å²) in [6, 6.07) is -2.67. The van der Waals surface area contributed by atoms with E-state index in [9.17, 15) is 57.5 Å². The molecule has 504 valence electrons. The van der Waals surface area contributed by atoms with Crippen LogP contribution in [-0.2, 0) is 76.5 Å². The van der Waals surface area contributed by atoms with Gasteiger partial charge in [0.1, 0.15) is 24.2 Å². The van der Waals surface area contributed by atoms with E-state index in [1.165, 1.54) is 0 Å². The number of carboxylic acid groups (broad SMARTS) is 4. The summed E-state index contributed by atoms with van der Waals surface area (Å²) in [4.78, 5) is 139. The lowest BCUT2D eigenvalue weighted by molar-refractivity contribution is -0.139. The molecular weight excluding hydrogens is 1150 g/mol. The predicted octanol–water partition coefficient (Wildman–Crippen LogP) is 2.13. The van der Waals surface area contributed by atoms with Gasteiger partial charge < -0.3 is 81.9 Å². The van der Waals surface area contributed by atoms with Crippen LogP contribution in [0.25, 0.3) is 0 Å². The molecule has 0 unspecified atom stereocenters. The molecule has 28 heteroatoms. The Morgan fingerprint density at radius 1 is 0.273 bits per heavy atom. The summed E-state index contributed by atoms with van der Waals surface area (Å²) in [6.45, 7) is 34.4. The van der Waals surface area contributed by atoms with Crippen LogP contribution in [0.15, 0.2) is 0 Å². The second kappa shape index (κ2) is 39.5. The van der Waals surface area contributed by atoms with Crippen LogP contribution in [0.1, 0.15) is 162 Å². The Morgan fingerprint density at radius 2 is 0.432 bits per heavy atom. The minimum Gasteiger partial charge on any atom is -0.479 e. The van der Waals surface area contributed by atoms with Crippen molar-refractivity contribution in [3.63, 3.8) is 0 Å². The third-order valence-electron chi connectivity index (χ3n) is 13.4.